The normalized spacial score (nSPS) is 17.6. The van der Waals surface area contributed by atoms with Crippen molar-refractivity contribution in [3.05, 3.63) is 27.2 Å². The van der Waals surface area contributed by atoms with Crippen LogP contribution in [0.4, 0.5) is 5.95 Å². The molecule has 1 aliphatic rings. The lowest BCUT2D eigenvalue weighted by molar-refractivity contribution is 0.222. The summed E-state index contributed by atoms with van der Waals surface area (Å²) < 4.78 is 5.49. The van der Waals surface area contributed by atoms with Crippen LogP contribution >= 0.6 is 22.9 Å². The second-order valence-electron chi connectivity index (χ2n) is 5.27. The molecule has 0 fully saturated rings. The average molecular weight is 325 g/mol. The molecule has 0 aromatic carbocycles. The maximum Gasteiger partial charge on any atom is 0.322 e. The lowest BCUT2D eigenvalue weighted by Gasteiger charge is -2.23. The Morgan fingerprint density at radius 3 is 3.05 bits per heavy atom. The number of nitrogens with zero attached hydrogens (tertiary/aromatic N) is 3. The summed E-state index contributed by atoms with van der Waals surface area (Å²) >= 11 is 7.76. The maximum absolute atomic E-state index is 5.95. The number of hydrogen-bond acceptors (Lipinski definition) is 6. The summed E-state index contributed by atoms with van der Waals surface area (Å²) in [5, 5.41) is 5.64. The summed E-state index contributed by atoms with van der Waals surface area (Å²) in [7, 11) is 0. The van der Waals surface area contributed by atoms with Gasteiger partial charge in [-0.3, -0.25) is 0 Å². The molecule has 7 heteroatoms. The maximum atomic E-state index is 5.95. The zero-order valence-electron chi connectivity index (χ0n) is 12.0. The number of ether oxygens (including phenoxy) is 1. The zero-order valence-corrected chi connectivity index (χ0v) is 13.5. The first-order valence-electron chi connectivity index (χ1n) is 7.03. The minimum Gasteiger partial charge on any atom is -0.461 e. The molecule has 1 N–H and O–H groups in total. The number of hydrogen-bond donors (Lipinski definition) is 1. The van der Waals surface area contributed by atoms with Gasteiger partial charge in [-0.1, -0.05) is 0 Å². The Kier molecular flexibility index (Phi) is 4.26. The number of halogens is 1. The molecule has 2 aromatic heterocycles. The Hall–Kier alpha value is -1.40. The van der Waals surface area contributed by atoms with Gasteiger partial charge in [-0.15, -0.1) is 11.3 Å². The van der Waals surface area contributed by atoms with Crippen LogP contribution in [0.3, 0.4) is 0 Å². The lowest BCUT2D eigenvalue weighted by atomic mass is 9.94. The van der Waals surface area contributed by atoms with E-state index in [2.05, 4.69) is 31.7 Å². The van der Waals surface area contributed by atoms with E-state index in [1.807, 2.05) is 25.2 Å². The van der Waals surface area contributed by atoms with Gasteiger partial charge in [0.2, 0.25) is 11.2 Å². The van der Waals surface area contributed by atoms with Crippen LogP contribution in [0.1, 0.15) is 43.2 Å². The summed E-state index contributed by atoms with van der Waals surface area (Å²) in [6, 6.07) is 2.66. The molecule has 0 aliphatic heterocycles. The van der Waals surface area contributed by atoms with Crippen LogP contribution < -0.4 is 10.1 Å². The molecule has 0 saturated heterocycles. The van der Waals surface area contributed by atoms with Gasteiger partial charge in [0, 0.05) is 4.88 Å². The zero-order chi connectivity index (χ0) is 14.8. The van der Waals surface area contributed by atoms with E-state index >= 15 is 0 Å². The molecule has 21 heavy (non-hydrogen) atoms. The molecule has 3 rings (SSSR count). The fourth-order valence-electron chi connectivity index (χ4n) is 2.45. The summed E-state index contributed by atoms with van der Waals surface area (Å²) in [5.41, 5.74) is 1.34. The van der Waals surface area contributed by atoms with E-state index in [4.69, 9.17) is 16.3 Å². The SMILES string of the molecule is CC(C)Oc1nc(Cl)nc(NC2CCCc3sccc32)n1. The van der Waals surface area contributed by atoms with Crippen LogP contribution in [-0.2, 0) is 6.42 Å². The molecule has 0 radical (unpaired) electrons. The van der Waals surface area contributed by atoms with Crippen LogP contribution in [0.15, 0.2) is 11.4 Å². The van der Waals surface area contributed by atoms with Gasteiger partial charge < -0.3 is 10.1 Å². The van der Waals surface area contributed by atoms with E-state index in [1.54, 1.807) is 0 Å². The van der Waals surface area contributed by atoms with Crippen LogP contribution in [0.25, 0.3) is 0 Å². The Bertz CT molecular complexity index is 631. The number of fused-ring (bicyclic) bond motifs is 1. The van der Waals surface area contributed by atoms with E-state index in [-0.39, 0.29) is 23.4 Å². The average Bonchev–Trinajstić information content (AvgIpc) is 2.86. The van der Waals surface area contributed by atoms with E-state index in [0.29, 0.717) is 5.95 Å². The van der Waals surface area contributed by atoms with Crippen molar-refractivity contribution >= 4 is 28.9 Å². The number of nitrogens with one attached hydrogen (secondary N) is 1. The Balaban J connectivity index is 1.81. The first-order chi connectivity index (χ1) is 10.1. The topological polar surface area (TPSA) is 59.9 Å². The third kappa shape index (κ3) is 3.44. The molecule has 1 atom stereocenters. The molecule has 1 aliphatic carbocycles. The fourth-order valence-corrected chi connectivity index (χ4v) is 3.59. The van der Waals surface area contributed by atoms with Gasteiger partial charge in [-0.05, 0) is 61.7 Å². The molecule has 0 saturated carbocycles. The molecule has 0 spiro atoms. The molecule has 0 amide bonds. The summed E-state index contributed by atoms with van der Waals surface area (Å²) in [6.45, 7) is 3.84. The van der Waals surface area contributed by atoms with E-state index in [0.717, 1.165) is 12.8 Å². The van der Waals surface area contributed by atoms with E-state index in [1.165, 1.54) is 16.9 Å². The molecule has 112 valence electrons. The minimum atomic E-state index is -0.00512. The third-order valence-corrected chi connectivity index (χ3v) is 4.45. The quantitative estimate of drug-likeness (QED) is 0.925. The highest BCUT2D eigenvalue weighted by Crippen LogP contribution is 2.35. The Morgan fingerprint density at radius 1 is 1.38 bits per heavy atom. The minimum absolute atomic E-state index is 0.00512. The van der Waals surface area contributed by atoms with Crippen LogP contribution in [-0.4, -0.2) is 21.1 Å². The third-order valence-electron chi connectivity index (χ3n) is 3.28. The van der Waals surface area contributed by atoms with Gasteiger partial charge in [0.15, 0.2) is 0 Å². The molecule has 5 nitrogen and oxygen atoms in total. The molecule has 0 bridgehead atoms. The number of anilines is 1. The van der Waals surface area contributed by atoms with Crippen molar-refractivity contribution < 1.29 is 4.74 Å². The number of rotatable bonds is 4. The molecular formula is C14H17ClN4OS. The molecule has 2 heterocycles. The first-order valence-corrected chi connectivity index (χ1v) is 8.28. The van der Waals surface area contributed by atoms with E-state index in [9.17, 15) is 0 Å². The van der Waals surface area contributed by atoms with Crippen molar-refractivity contribution in [2.75, 3.05) is 5.32 Å². The highest BCUT2D eigenvalue weighted by atomic mass is 35.5. The largest absolute Gasteiger partial charge is 0.461 e. The van der Waals surface area contributed by atoms with Gasteiger partial charge in [0.1, 0.15) is 0 Å². The van der Waals surface area contributed by atoms with Gasteiger partial charge in [-0.25, -0.2) is 0 Å². The van der Waals surface area contributed by atoms with Crippen molar-refractivity contribution in [3.63, 3.8) is 0 Å². The van der Waals surface area contributed by atoms with E-state index < -0.39 is 0 Å². The molecule has 2 aromatic rings. The summed E-state index contributed by atoms with van der Waals surface area (Å²) in [5.74, 6) is 0.467. The monoisotopic (exact) mass is 324 g/mol. The standard InChI is InChI=1S/C14H17ClN4OS/c1-8(2)20-14-18-12(15)17-13(19-14)16-10-4-3-5-11-9(10)6-7-21-11/h6-8,10H,3-5H2,1-2H3,(H,16,17,18,19). The molecular weight excluding hydrogens is 308 g/mol. The smallest absolute Gasteiger partial charge is 0.322 e. The number of aromatic nitrogens is 3. The van der Waals surface area contributed by atoms with Crippen LogP contribution in [0.2, 0.25) is 5.28 Å². The predicted molar refractivity (Wildman–Crippen MR) is 84.2 cm³/mol. The van der Waals surface area contributed by atoms with Gasteiger partial charge in [-0.2, -0.15) is 15.0 Å². The first kappa shape index (κ1) is 14.5. The van der Waals surface area contributed by atoms with Crippen molar-refractivity contribution in [1.82, 2.24) is 15.0 Å². The summed E-state index contributed by atoms with van der Waals surface area (Å²) in [4.78, 5) is 13.9. The van der Waals surface area contributed by atoms with Crippen molar-refractivity contribution in [2.24, 2.45) is 0 Å². The second kappa shape index (κ2) is 6.15. The predicted octanol–water partition coefficient (Wildman–Crippen LogP) is 3.86. The Labute approximate surface area is 132 Å². The van der Waals surface area contributed by atoms with Gasteiger partial charge in [0.05, 0.1) is 12.1 Å². The van der Waals surface area contributed by atoms with Crippen molar-refractivity contribution in [2.45, 2.75) is 45.3 Å². The van der Waals surface area contributed by atoms with Crippen molar-refractivity contribution in [1.29, 1.82) is 0 Å². The fraction of sp³-hybridized carbons (Fsp3) is 0.500. The highest BCUT2D eigenvalue weighted by molar-refractivity contribution is 7.10. The highest BCUT2D eigenvalue weighted by Gasteiger charge is 2.22. The number of thiophene rings is 1. The van der Waals surface area contributed by atoms with Crippen molar-refractivity contribution in [3.8, 4) is 6.01 Å². The summed E-state index contributed by atoms with van der Waals surface area (Å²) in [6.07, 6.45) is 3.38. The number of aryl methyl sites for hydroxylation is 1. The Morgan fingerprint density at radius 2 is 2.24 bits per heavy atom. The second-order valence-corrected chi connectivity index (χ2v) is 6.60. The van der Waals surface area contributed by atoms with Gasteiger partial charge >= 0.3 is 6.01 Å². The molecule has 1 unspecified atom stereocenters. The lowest BCUT2D eigenvalue weighted by Crippen LogP contribution is -2.18. The van der Waals surface area contributed by atoms with Crippen LogP contribution in [0.5, 0.6) is 6.01 Å². The van der Waals surface area contributed by atoms with Crippen LogP contribution in [0, 0.1) is 0 Å². The van der Waals surface area contributed by atoms with Gasteiger partial charge in [0.25, 0.3) is 0 Å².